The van der Waals surface area contributed by atoms with Gasteiger partial charge in [0.15, 0.2) is 5.39 Å². The Morgan fingerprint density at radius 3 is 2.52 bits per heavy atom. The van der Waals surface area contributed by atoms with Crippen LogP contribution >= 0.6 is 0 Å². The van der Waals surface area contributed by atoms with E-state index < -0.39 is 5.56 Å². The third-order valence-corrected chi connectivity index (χ3v) is 4.91. The van der Waals surface area contributed by atoms with Crippen LogP contribution < -0.4 is 11.0 Å². The van der Waals surface area contributed by atoms with Gasteiger partial charge in [0.05, 0.1) is 18.2 Å². The van der Waals surface area contributed by atoms with Crippen molar-refractivity contribution in [1.29, 1.82) is 0 Å². The molecule has 6 heteroatoms. The molecule has 5 rings (SSSR count). The van der Waals surface area contributed by atoms with Crippen molar-refractivity contribution >= 4 is 22.1 Å². The summed E-state index contributed by atoms with van der Waals surface area (Å²) in [6, 6.07) is 18.0. The first-order valence-corrected chi connectivity index (χ1v) is 9.17. The number of fused-ring (bicyclic) bond motifs is 2. The van der Waals surface area contributed by atoms with E-state index in [1.165, 1.54) is 4.57 Å². The van der Waals surface area contributed by atoms with Gasteiger partial charge in [-0.2, -0.15) is 4.98 Å². The molecule has 29 heavy (non-hydrogen) atoms. The third-order valence-electron chi connectivity index (χ3n) is 4.91. The smallest absolute Gasteiger partial charge is 0.269 e. The first-order chi connectivity index (χ1) is 14.1. The molecule has 0 spiro atoms. The van der Waals surface area contributed by atoms with Gasteiger partial charge >= 0.3 is 0 Å². The molecule has 6 nitrogen and oxygen atoms in total. The zero-order valence-corrected chi connectivity index (χ0v) is 15.6. The molecule has 0 amide bonds. The predicted molar refractivity (Wildman–Crippen MR) is 110 cm³/mol. The van der Waals surface area contributed by atoms with Gasteiger partial charge in [-0.05, 0) is 31.2 Å². The van der Waals surface area contributed by atoms with Crippen molar-refractivity contribution in [2.24, 2.45) is 0 Å². The molecular weight excluding hydrogens is 368 g/mol. The summed E-state index contributed by atoms with van der Waals surface area (Å²) >= 11 is 0. The van der Waals surface area contributed by atoms with E-state index >= 15 is 0 Å². The van der Waals surface area contributed by atoms with E-state index in [0.717, 1.165) is 11.1 Å². The van der Waals surface area contributed by atoms with Crippen LogP contribution in [-0.2, 0) is 6.54 Å². The Hall–Kier alpha value is -3.93. The fourth-order valence-corrected chi connectivity index (χ4v) is 3.41. The summed E-state index contributed by atoms with van der Waals surface area (Å²) in [5.74, 6) is 1.00. The molecule has 142 valence electrons. The summed E-state index contributed by atoms with van der Waals surface area (Å²) in [6.07, 6.45) is 1.54. The van der Waals surface area contributed by atoms with Gasteiger partial charge in [-0.3, -0.25) is 14.2 Å². The molecule has 2 aromatic carbocycles. The maximum atomic E-state index is 13.4. The standard InChI is InChI=1S/C23H16N2O4/c1-14-8-10-15(11-9-14)21-24-22-19(20(26)17-6-2-3-7-18(17)29-22)23(27)25(21)13-16-5-4-12-28-16/h2-12H,13H2,1H3. The Balaban J connectivity index is 1.88. The molecule has 0 saturated heterocycles. The highest BCUT2D eigenvalue weighted by atomic mass is 16.3. The van der Waals surface area contributed by atoms with Crippen molar-refractivity contribution in [3.63, 3.8) is 0 Å². The number of aryl methyl sites for hydroxylation is 1. The van der Waals surface area contributed by atoms with E-state index in [4.69, 9.17) is 8.83 Å². The third kappa shape index (κ3) is 2.86. The van der Waals surface area contributed by atoms with Gasteiger partial charge < -0.3 is 8.83 Å². The molecule has 0 bridgehead atoms. The van der Waals surface area contributed by atoms with E-state index in [0.29, 0.717) is 22.6 Å². The Kier molecular flexibility index (Phi) is 3.91. The van der Waals surface area contributed by atoms with Crippen molar-refractivity contribution < 1.29 is 8.83 Å². The van der Waals surface area contributed by atoms with Crippen LogP contribution in [0.5, 0.6) is 0 Å². The normalized spacial score (nSPS) is 11.3. The second-order valence-corrected chi connectivity index (χ2v) is 6.88. The van der Waals surface area contributed by atoms with Crippen LogP contribution in [0.15, 0.2) is 85.4 Å². The molecule has 5 aromatic rings. The van der Waals surface area contributed by atoms with Crippen molar-refractivity contribution in [3.05, 3.63) is 98.8 Å². The van der Waals surface area contributed by atoms with E-state index in [9.17, 15) is 9.59 Å². The number of nitrogens with zero attached hydrogens (tertiary/aromatic N) is 2. The average molecular weight is 384 g/mol. The van der Waals surface area contributed by atoms with Gasteiger partial charge in [0.1, 0.15) is 17.2 Å². The number of para-hydroxylation sites is 1. The molecule has 3 heterocycles. The molecule has 0 N–H and O–H groups in total. The second-order valence-electron chi connectivity index (χ2n) is 6.88. The van der Waals surface area contributed by atoms with Crippen molar-refractivity contribution in [2.75, 3.05) is 0 Å². The fourth-order valence-electron chi connectivity index (χ4n) is 3.41. The number of hydrogen-bond donors (Lipinski definition) is 0. The average Bonchev–Trinajstić information content (AvgIpc) is 3.24. The molecule has 0 aliphatic carbocycles. The molecule has 0 atom stereocenters. The maximum absolute atomic E-state index is 13.4. The minimum atomic E-state index is -0.457. The lowest BCUT2D eigenvalue weighted by atomic mass is 10.1. The molecule has 0 aliphatic heterocycles. The van der Waals surface area contributed by atoms with Crippen molar-refractivity contribution in [3.8, 4) is 11.4 Å². The molecule has 0 saturated carbocycles. The zero-order valence-electron chi connectivity index (χ0n) is 15.6. The fraction of sp³-hybridized carbons (Fsp3) is 0.0870. The van der Waals surface area contributed by atoms with Crippen LogP contribution in [0.1, 0.15) is 11.3 Å². The van der Waals surface area contributed by atoms with Crippen molar-refractivity contribution in [1.82, 2.24) is 9.55 Å². The molecule has 3 aromatic heterocycles. The van der Waals surface area contributed by atoms with Gasteiger partial charge in [-0.25, -0.2) is 0 Å². The molecule has 0 fully saturated rings. The van der Waals surface area contributed by atoms with Crippen LogP contribution in [0.2, 0.25) is 0 Å². The van der Waals surface area contributed by atoms with E-state index in [2.05, 4.69) is 4.98 Å². The van der Waals surface area contributed by atoms with Crippen molar-refractivity contribution in [2.45, 2.75) is 13.5 Å². The highest BCUT2D eigenvalue weighted by molar-refractivity contribution is 5.88. The van der Waals surface area contributed by atoms with Gasteiger partial charge in [0, 0.05) is 5.56 Å². The summed E-state index contributed by atoms with van der Waals surface area (Å²) in [7, 11) is 0. The van der Waals surface area contributed by atoms with Crippen LogP contribution in [0, 0.1) is 6.92 Å². The highest BCUT2D eigenvalue weighted by Crippen LogP contribution is 2.22. The minimum absolute atomic E-state index is 0.0324. The Morgan fingerprint density at radius 1 is 0.966 bits per heavy atom. The van der Waals surface area contributed by atoms with Gasteiger partial charge in [-0.15, -0.1) is 0 Å². The number of furan rings is 1. The molecule has 0 radical (unpaired) electrons. The van der Waals surface area contributed by atoms with Crippen LogP contribution in [-0.4, -0.2) is 9.55 Å². The van der Waals surface area contributed by atoms with Gasteiger partial charge in [0.25, 0.3) is 5.56 Å². The van der Waals surface area contributed by atoms with E-state index in [-0.39, 0.29) is 23.1 Å². The Bertz CT molecular complexity index is 1460. The molecule has 0 aliphatic rings. The first kappa shape index (κ1) is 17.2. The topological polar surface area (TPSA) is 78.2 Å². The minimum Gasteiger partial charge on any atom is -0.467 e. The lowest BCUT2D eigenvalue weighted by Crippen LogP contribution is -2.28. The van der Waals surface area contributed by atoms with E-state index in [1.54, 1.807) is 42.7 Å². The lowest BCUT2D eigenvalue weighted by molar-refractivity contribution is 0.489. The summed E-state index contributed by atoms with van der Waals surface area (Å²) in [5, 5.41) is 0.289. The maximum Gasteiger partial charge on any atom is 0.269 e. The zero-order chi connectivity index (χ0) is 20.0. The predicted octanol–water partition coefficient (Wildman–Crippen LogP) is 4.12. The summed E-state index contributed by atoms with van der Waals surface area (Å²) in [5.41, 5.74) is 1.42. The molecule has 0 unspecified atom stereocenters. The van der Waals surface area contributed by atoms with Gasteiger partial charge in [-0.1, -0.05) is 42.0 Å². The van der Waals surface area contributed by atoms with Crippen LogP contribution in [0.3, 0.4) is 0 Å². The largest absolute Gasteiger partial charge is 0.467 e. The summed E-state index contributed by atoms with van der Waals surface area (Å²) in [4.78, 5) is 31.0. The summed E-state index contributed by atoms with van der Waals surface area (Å²) in [6.45, 7) is 2.14. The SMILES string of the molecule is Cc1ccc(-c2nc3oc4ccccc4c(=O)c3c(=O)n2Cc2ccco2)cc1. The van der Waals surface area contributed by atoms with Crippen LogP contribution in [0.25, 0.3) is 33.5 Å². The number of rotatable bonds is 3. The lowest BCUT2D eigenvalue weighted by Gasteiger charge is -2.12. The van der Waals surface area contributed by atoms with E-state index in [1.807, 2.05) is 31.2 Å². The van der Waals surface area contributed by atoms with Gasteiger partial charge in [0.2, 0.25) is 11.1 Å². The quantitative estimate of drug-likeness (QED) is 0.437. The Labute approximate surface area is 164 Å². The highest BCUT2D eigenvalue weighted by Gasteiger charge is 2.19. The number of benzene rings is 2. The second kappa shape index (κ2) is 6.60. The van der Waals surface area contributed by atoms with Crippen LogP contribution in [0.4, 0.5) is 0 Å². The molecular formula is C23H16N2O4. The first-order valence-electron chi connectivity index (χ1n) is 9.17. The Morgan fingerprint density at radius 2 is 1.76 bits per heavy atom. The monoisotopic (exact) mass is 384 g/mol. The summed E-state index contributed by atoms with van der Waals surface area (Å²) < 4.78 is 12.7. The number of aromatic nitrogens is 2. The number of hydrogen-bond acceptors (Lipinski definition) is 5.